The van der Waals surface area contributed by atoms with Gasteiger partial charge in [-0.15, -0.1) is 0 Å². The lowest BCUT2D eigenvalue weighted by molar-refractivity contribution is -0.681. The Morgan fingerprint density at radius 2 is 1.75 bits per heavy atom. The molecule has 1 heterocycles. The number of benzene rings is 2. The zero-order valence-electron chi connectivity index (χ0n) is 13.9. The van der Waals surface area contributed by atoms with Crippen molar-refractivity contribution >= 4 is 16.6 Å². The molecule has 0 saturated carbocycles. The standard InChI is InChI=1S/C21H22NO2/c1-2-3-14-24-20-10-8-18(9-11-20)21(23)16-22-13-12-17-6-4-5-7-19(17)15-22/h4-13,15H,2-3,14,16H2,1H3/q+1. The summed E-state index contributed by atoms with van der Waals surface area (Å²) in [4.78, 5) is 12.5. The number of aromatic nitrogens is 1. The van der Waals surface area contributed by atoms with Crippen LogP contribution in [0.4, 0.5) is 0 Å². The van der Waals surface area contributed by atoms with E-state index < -0.39 is 0 Å². The number of hydrogen-bond acceptors (Lipinski definition) is 2. The van der Waals surface area contributed by atoms with Gasteiger partial charge in [0.2, 0.25) is 12.3 Å². The Bertz CT molecular complexity index is 825. The molecule has 24 heavy (non-hydrogen) atoms. The third kappa shape index (κ3) is 3.99. The first-order chi connectivity index (χ1) is 11.8. The van der Waals surface area contributed by atoms with Crippen LogP contribution in [-0.4, -0.2) is 12.4 Å². The number of pyridine rings is 1. The zero-order valence-corrected chi connectivity index (χ0v) is 13.9. The van der Waals surface area contributed by atoms with Gasteiger partial charge in [0, 0.05) is 17.0 Å². The molecule has 0 N–H and O–H groups in total. The van der Waals surface area contributed by atoms with E-state index in [9.17, 15) is 4.79 Å². The van der Waals surface area contributed by atoms with Crippen LogP contribution in [0.5, 0.6) is 5.75 Å². The first-order valence-corrected chi connectivity index (χ1v) is 8.40. The first kappa shape index (κ1) is 16.2. The summed E-state index contributed by atoms with van der Waals surface area (Å²) in [5.74, 6) is 0.911. The number of hydrogen-bond donors (Lipinski definition) is 0. The average Bonchev–Trinajstić information content (AvgIpc) is 2.62. The zero-order chi connectivity index (χ0) is 16.8. The van der Waals surface area contributed by atoms with E-state index in [0.717, 1.165) is 30.6 Å². The SMILES string of the molecule is CCCCOc1ccc(C(=O)C[n+]2ccc3ccccc3c2)cc1. The number of rotatable bonds is 7. The van der Waals surface area contributed by atoms with E-state index in [-0.39, 0.29) is 5.78 Å². The molecule has 3 heteroatoms. The number of nitrogens with zero attached hydrogens (tertiary/aromatic N) is 1. The van der Waals surface area contributed by atoms with Gasteiger partial charge in [0.15, 0.2) is 12.4 Å². The van der Waals surface area contributed by atoms with Crippen LogP contribution in [0, 0.1) is 0 Å². The van der Waals surface area contributed by atoms with E-state index in [1.54, 1.807) is 0 Å². The van der Waals surface area contributed by atoms with Crippen LogP contribution in [0.25, 0.3) is 10.8 Å². The highest BCUT2D eigenvalue weighted by atomic mass is 16.5. The third-order valence-corrected chi connectivity index (χ3v) is 4.02. The van der Waals surface area contributed by atoms with Crippen LogP contribution in [0.1, 0.15) is 30.1 Å². The van der Waals surface area contributed by atoms with Gasteiger partial charge in [-0.3, -0.25) is 4.79 Å². The van der Waals surface area contributed by atoms with Crippen molar-refractivity contribution in [1.29, 1.82) is 0 Å². The molecule has 0 aliphatic heterocycles. The quantitative estimate of drug-likeness (QED) is 0.371. The summed E-state index contributed by atoms with van der Waals surface area (Å²) in [5.41, 5.74) is 0.707. The van der Waals surface area contributed by atoms with Gasteiger partial charge in [-0.05, 0) is 42.1 Å². The Labute approximate surface area is 142 Å². The lowest BCUT2D eigenvalue weighted by atomic mass is 10.1. The molecule has 0 unspecified atom stereocenters. The van der Waals surface area contributed by atoms with Crippen LogP contribution < -0.4 is 9.30 Å². The molecule has 0 atom stereocenters. The fourth-order valence-electron chi connectivity index (χ4n) is 2.60. The molecule has 2 aromatic carbocycles. The maximum absolute atomic E-state index is 12.5. The fraction of sp³-hybridized carbons (Fsp3) is 0.238. The van der Waals surface area contributed by atoms with Gasteiger partial charge >= 0.3 is 0 Å². The van der Waals surface area contributed by atoms with Crippen LogP contribution in [0.15, 0.2) is 67.0 Å². The molecule has 0 saturated heterocycles. The maximum Gasteiger partial charge on any atom is 0.227 e. The molecule has 122 valence electrons. The van der Waals surface area contributed by atoms with Gasteiger partial charge in [0.25, 0.3) is 0 Å². The van der Waals surface area contributed by atoms with Crippen molar-refractivity contribution in [2.75, 3.05) is 6.61 Å². The van der Waals surface area contributed by atoms with E-state index in [1.165, 1.54) is 5.39 Å². The summed E-state index contributed by atoms with van der Waals surface area (Å²) in [6, 6.07) is 17.6. The molecule has 0 aliphatic rings. The molecular formula is C21H22NO2+. The highest BCUT2D eigenvalue weighted by Crippen LogP contribution is 2.14. The van der Waals surface area contributed by atoms with Gasteiger partial charge < -0.3 is 4.74 Å². The number of Topliss-reactive ketones (excluding diaryl/α,β-unsaturated/α-hetero) is 1. The molecule has 0 bridgehead atoms. The van der Waals surface area contributed by atoms with Crippen molar-refractivity contribution in [3.05, 3.63) is 72.6 Å². The topological polar surface area (TPSA) is 30.2 Å². The van der Waals surface area contributed by atoms with Gasteiger partial charge in [0.05, 0.1) is 6.61 Å². The van der Waals surface area contributed by atoms with Crippen LogP contribution in [-0.2, 0) is 6.54 Å². The van der Waals surface area contributed by atoms with Crippen molar-refractivity contribution in [2.45, 2.75) is 26.3 Å². The first-order valence-electron chi connectivity index (χ1n) is 8.40. The molecule has 3 nitrogen and oxygen atoms in total. The number of carbonyl (C=O) groups excluding carboxylic acids is 1. The smallest absolute Gasteiger partial charge is 0.227 e. The second-order valence-electron chi connectivity index (χ2n) is 5.90. The predicted molar refractivity (Wildman–Crippen MR) is 95.3 cm³/mol. The summed E-state index contributed by atoms with van der Waals surface area (Å²) >= 11 is 0. The Morgan fingerprint density at radius 3 is 2.50 bits per heavy atom. The van der Waals surface area contributed by atoms with E-state index in [2.05, 4.69) is 19.1 Å². The Balaban J connectivity index is 1.67. The molecular weight excluding hydrogens is 298 g/mol. The van der Waals surface area contributed by atoms with E-state index in [4.69, 9.17) is 4.74 Å². The second-order valence-corrected chi connectivity index (χ2v) is 5.90. The molecule has 0 fully saturated rings. The van der Waals surface area contributed by atoms with Crippen molar-refractivity contribution in [3.8, 4) is 5.75 Å². The van der Waals surface area contributed by atoms with Gasteiger partial charge in [-0.25, -0.2) is 0 Å². The molecule has 3 rings (SSSR count). The summed E-state index contributed by atoms with van der Waals surface area (Å²) in [6.07, 6.45) is 6.11. The highest BCUT2D eigenvalue weighted by molar-refractivity contribution is 5.95. The predicted octanol–water partition coefficient (Wildman–Crippen LogP) is 4.19. The number of ketones is 1. The monoisotopic (exact) mass is 320 g/mol. The molecule has 0 aliphatic carbocycles. The molecule has 0 radical (unpaired) electrons. The highest BCUT2D eigenvalue weighted by Gasteiger charge is 2.12. The van der Waals surface area contributed by atoms with Crippen LogP contribution in [0.3, 0.4) is 0 Å². The van der Waals surface area contributed by atoms with Crippen LogP contribution in [0.2, 0.25) is 0 Å². The Morgan fingerprint density at radius 1 is 1.00 bits per heavy atom. The number of fused-ring (bicyclic) bond motifs is 1. The van der Waals surface area contributed by atoms with Crippen molar-refractivity contribution in [2.24, 2.45) is 0 Å². The van der Waals surface area contributed by atoms with Gasteiger partial charge in [-0.1, -0.05) is 31.5 Å². The average molecular weight is 320 g/mol. The Kier molecular flexibility index (Phi) is 5.22. The maximum atomic E-state index is 12.5. The summed E-state index contributed by atoms with van der Waals surface area (Å²) in [5, 5.41) is 2.31. The minimum atomic E-state index is 0.0930. The lowest BCUT2D eigenvalue weighted by Gasteiger charge is -2.05. The van der Waals surface area contributed by atoms with E-state index in [0.29, 0.717) is 12.1 Å². The van der Waals surface area contributed by atoms with Crippen molar-refractivity contribution < 1.29 is 14.1 Å². The normalized spacial score (nSPS) is 10.7. The third-order valence-electron chi connectivity index (χ3n) is 4.02. The lowest BCUT2D eigenvalue weighted by Crippen LogP contribution is -2.37. The number of ether oxygens (including phenoxy) is 1. The van der Waals surface area contributed by atoms with Crippen molar-refractivity contribution in [3.63, 3.8) is 0 Å². The summed E-state index contributed by atoms with van der Waals surface area (Å²) in [6.45, 7) is 3.19. The molecule has 0 spiro atoms. The number of unbranched alkanes of at least 4 members (excludes halogenated alkanes) is 1. The van der Waals surface area contributed by atoms with Gasteiger partial charge in [-0.2, -0.15) is 4.57 Å². The fourth-order valence-corrected chi connectivity index (χ4v) is 2.60. The number of carbonyl (C=O) groups is 1. The molecule has 1 aromatic heterocycles. The Hall–Kier alpha value is -2.68. The summed E-state index contributed by atoms with van der Waals surface area (Å²) < 4.78 is 7.56. The minimum absolute atomic E-state index is 0.0930. The van der Waals surface area contributed by atoms with Crippen molar-refractivity contribution in [1.82, 2.24) is 0 Å². The van der Waals surface area contributed by atoms with Crippen LogP contribution >= 0.6 is 0 Å². The van der Waals surface area contributed by atoms with Gasteiger partial charge in [0.1, 0.15) is 5.75 Å². The molecule has 3 aromatic rings. The molecule has 0 amide bonds. The van der Waals surface area contributed by atoms with E-state index in [1.807, 2.05) is 59.4 Å². The largest absolute Gasteiger partial charge is 0.494 e. The second kappa shape index (κ2) is 7.73. The minimum Gasteiger partial charge on any atom is -0.494 e. The van der Waals surface area contributed by atoms with E-state index >= 15 is 0 Å². The summed E-state index contributed by atoms with van der Waals surface area (Å²) in [7, 11) is 0.